The molecule has 3 heterocycles. The first-order valence-electron chi connectivity index (χ1n) is 6.86. The molecular formula is C13H14N4OS2. The smallest absolute Gasteiger partial charge is 0.235 e. The molecule has 7 heteroatoms. The molecule has 0 amide bonds. The molecule has 0 unspecified atom stereocenters. The third-order valence-electron chi connectivity index (χ3n) is 4.01. The number of aryl methyl sites for hydroxylation is 2. The fourth-order valence-corrected chi connectivity index (χ4v) is 4.72. The molecule has 0 fully saturated rings. The quantitative estimate of drug-likeness (QED) is 0.703. The standard InChI is InChI=1S/C13H14N4OS2/c1-2-16-9-10(18)7-5-3-4-6-8(7)20-11(9)17-12(16)14-15-13(17)19/h2-6H2,1H3,(H,15,19). The van der Waals surface area contributed by atoms with Gasteiger partial charge in [-0.05, 0) is 44.8 Å². The first kappa shape index (κ1) is 12.3. The first-order chi connectivity index (χ1) is 9.72. The van der Waals surface area contributed by atoms with E-state index in [-0.39, 0.29) is 5.43 Å². The Hall–Kier alpha value is -1.47. The van der Waals surface area contributed by atoms with E-state index in [1.54, 1.807) is 11.3 Å². The Balaban J connectivity index is 2.29. The summed E-state index contributed by atoms with van der Waals surface area (Å²) in [7, 11) is 0. The third-order valence-corrected chi connectivity index (χ3v) is 5.55. The van der Waals surface area contributed by atoms with Crippen LogP contribution in [0.25, 0.3) is 16.1 Å². The molecule has 1 aliphatic carbocycles. The lowest BCUT2D eigenvalue weighted by molar-refractivity contribution is 0.691. The van der Waals surface area contributed by atoms with E-state index >= 15 is 0 Å². The van der Waals surface area contributed by atoms with E-state index in [2.05, 4.69) is 10.2 Å². The Morgan fingerprint density at radius 2 is 2.20 bits per heavy atom. The zero-order chi connectivity index (χ0) is 13.9. The van der Waals surface area contributed by atoms with E-state index in [4.69, 9.17) is 12.2 Å². The average molecular weight is 306 g/mol. The van der Waals surface area contributed by atoms with Crippen molar-refractivity contribution in [3.63, 3.8) is 0 Å². The van der Waals surface area contributed by atoms with Crippen LogP contribution in [0, 0.1) is 4.77 Å². The van der Waals surface area contributed by atoms with Crippen LogP contribution in [0.2, 0.25) is 0 Å². The molecule has 0 aliphatic heterocycles. The lowest BCUT2D eigenvalue weighted by atomic mass is 9.98. The number of nitrogens with one attached hydrogen (secondary N) is 1. The minimum absolute atomic E-state index is 0.176. The molecular weight excluding hydrogens is 292 g/mol. The molecule has 0 atom stereocenters. The van der Waals surface area contributed by atoms with Gasteiger partial charge in [0, 0.05) is 17.0 Å². The van der Waals surface area contributed by atoms with E-state index in [1.807, 2.05) is 15.9 Å². The van der Waals surface area contributed by atoms with Crippen molar-refractivity contribution in [2.45, 2.75) is 39.2 Å². The number of H-pyrrole nitrogens is 1. The second kappa shape index (κ2) is 4.26. The van der Waals surface area contributed by atoms with Crippen molar-refractivity contribution < 1.29 is 0 Å². The van der Waals surface area contributed by atoms with Gasteiger partial charge in [0.15, 0.2) is 0 Å². The van der Waals surface area contributed by atoms with Crippen LogP contribution in [-0.4, -0.2) is 19.2 Å². The van der Waals surface area contributed by atoms with Gasteiger partial charge in [-0.15, -0.1) is 16.4 Å². The van der Waals surface area contributed by atoms with Crippen LogP contribution < -0.4 is 5.43 Å². The predicted octanol–water partition coefficient (Wildman–Crippen LogP) is 2.67. The Bertz CT molecular complexity index is 943. The van der Waals surface area contributed by atoms with Gasteiger partial charge in [-0.2, -0.15) is 0 Å². The molecule has 0 radical (unpaired) electrons. The van der Waals surface area contributed by atoms with Crippen LogP contribution >= 0.6 is 23.6 Å². The molecule has 0 saturated heterocycles. The number of rotatable bonds is 1. The minimum Gasteiger partial charge on any atom is -0.305 e. The number of hydrogen-bond donors (Lipinski definition) is 1. The molecule has 5 nitrogen and oxygen atoms in total. The lowest BCUT2D eigenvalue weighted by Crippen LogP contribution is -2.17. The number of hydrogen-bond acceptors (Lipinski definition) is 4. The molecule has 0 bridgehead atoms. The third kappa shape index (κ3) is 1.44. The van der Waals surface area contributed by atoms with Gasteiger partial charge in [0.1, 0.15) is 10.3 Å². The second-order valence-corrected chi connectivity index (χ2v) is 6.57. The van der Waals surface area contributed by atoms with Gasteiger partial charge < -0.3 is 4.57 Å². The van der Waals surface area contributed by atoms with Crippen molar-refractivity contribution in [1.29, 1.82) is 0 Å². The SMILES string of the molecule is CCn1c2c(=O)c3c(sc2n2c(=S)[nH]nc12)CCCC3. The zero-order valence-corrected chi connectivity index (χ0v) is 12.7. The van der Waals surface area contributed by atoms with Gasteiger partial charge in [-0.25, -0.2) is 9.50 Å². The van der Waals surface area contributed by atoms with Gasteiger partial charge in [0.25, 0.3) is 0 Å². The molecule has 4 rings (SSSR count). The van der Waals surface area contributed by atoms with E-state index in [1.165, 1.54) is 11.3 Å². The Kier molecular flexibility index (Phi) is 2.62. The maximum absolute atomic E-state index is 12.8. The first-order valence-corrected chi connectivity index (χ1v) is 8.09. The van der Waals surface area contributed by atoms with Gasteiger partial charge in [-0.3, -0.25) is 4.79 Å². The van der Waals surface area contributed by atoms with E-state index in [0.717, 1.165) is 41.0 Å². The monoisotopic (exact) mass is 306 g/mol. The molecule has 104 valence electrons. The summed E-state index contributed by atoms with van der Waals surface area (Å²) in [5, 5.41) is 7.09. The van der Waals surface area contributed by atoms with Crippen molar-refractivity contribution >= 4 is 39.7 Å². The van der Waals surface area contributed by atoms with Gasteiger partial charge in [0.05, 0.1) is 0 Å². The van der Waals surface area contributed by atoms with E-state index < -0.39 is 0 Å². The zero-order valence-electron chi connectivity index (χ0n) is 11.1. The molecule has 0 aromatic carbocycles. The van der Waals surface area contributed by atoms with Crippen molar-refractivity contribution in [3.8, 4) is 0 Å². The summed E-state index contributed by atoms with van der Waals surface area (Å²) in [4.78, 5) is 15.0. The highest BCUT2D eigenvalue weighted by Crippen LogP contribution is 2.29. The summed E-state index contributed by atoms with van der Waals surface area (Å²) in [5.74, 6) is 0.739. The molecule has 1 aliphatic rings. The van der Waals surface area contributed by atoms with Crippen LogP contribution in [0.1, 0.15) is 30.2 Å². The van der Waals surface area contributed by atoms with Crippen LogP contribution in [0.15, 0.2) is 4.79 Å². The summed E-state index contributed by atoms with van der Waals surface area (Å²) >= 11 is 7.01. The summed E-state index contributed by atoms with van der Waals surface area (Å²) < 4.78 is 4.42. The highest BCUT2D eigenvalue weighted by molar-refractivity contribution is 7.71. The van der Waals surface area contributed by atoms with Gasteiger partial charge in [-0.1, -0.05) is 0 Å². The number of aromatic amines is 1. The van der Waals surface area contributed by atoms with Gasteiger partial charge >= 0.3 is 0 Å². The molecule has 3 aromatic rings. The highest BCUT2D eigenvalue weighted by atomic mass is 32.1. The second-order valence-electron chi connectivity index (χ2n) is 5.10. The number of imidazole rings is 1. The maximum atomic E-state index is 12.8. The predicted molar refractivity (Wildman–Crippen MR) is 82.3 cm³/mol. The lowest BCUT2D eigenvalue weighted by Gasteiger charge is -2.13. The number of aromatic nitrogens is 4. The summed E-state index contributed by atoms with van der Waals surface area (Å²) in [6.45, 7) is 2.74. The minimum atomic E-state index is 0.176. The average Bonchev–Trinajstić information content (AvgIpc) is 2.98. The van der Waals surface area contributed by atoms with E-state index in [0.29, 0.717) is 11.3 Å². The van der Waals surface area contributed by atoms with Crippen molar-refractivity contribution in [1.82, 2.24) is 19.2 Å². The topological polar surface area (TPSA) is 55.1 Å². The Morgan fingerprint density at radius 1 is 1.40 bits per heavy atom. The molecule has 0 saturated carbocycles. The van der Waals surface area contributed by atoms with Crippen LogP contribution in [0.3, 0.4) is 0 Å². The fraction of sp³-hybridized carbons (Fsp3) is 0.462. The molecule has 0 spiro atoms. The summed E-state index contributed by atoms with van der Waals surface area (Å²) in [5.41, 5.74) is 1.95. The maximum Gasteiger partial charge on any atom is 0.235 e. The summed E-state index contributed by atoms with van der Waals surface area (Å²) in [6, 6.07) is 0. The largest absolute Gasteiger partial charge is 0.305 e. The van der Waals surface area contributed by atoms with Gasteiger partial charge in [0.2, 0.25) is 16.0 Å². The van der Waals surface area contributed by atoms with Crippen molar-refractivity contribution in [3.05, 3.63) is 25.4 Å². The molecule has 1 N–H and O–H groups in total. The van der Waals surface area contributed by atoms with Crippen LogP contribution in [0.4, 0.5) is 0 Å². The molecule has 20 heavy (non-hydrogen) atoms. The van der Waals surface area contributed by atoms with Crippen LogP contribution in [0.5, 0.6) is 0 Å². The summed E-state index contributed by atoms with van der Waals surface area (Å²) in [6.07, 6.45) is 4.20. The van der Waals surface area contributed by atoms with Crippen molar-refractivity contribution in [2.24, 2.45) is 0 Å². The van der Waals surface area contributed by atoms with Crippen molar-refractivity contribution in [2.75, 3.05) is 0 Å². The molecule has 3 aromatic heterocycles. The Morgan fingerprint density at radius 3 is 3.00 bits per heavy atom. The fourth-order valence-electron chi connectivity index (χ4n) is 3.08. The van der Waals surface area contributed by atoms with E-state index in [9.17, 15) is 4.79 Å². The highest BCUT2D eigenvalue weighted by Gasteiger charge is 2.22. The Labute approximate surface area is 123 Å². The number of fused-ring (bicyclic) bond motifs is 4. The normalized spacial score (nSPS) is 15.1. The van der Waals surface area contributed by atoms with Crippen LogP contribution in [-0.2, 0) is 19.4 Å². The number of nitrogens with zero attached hydrogens (tertiary/aromatic N) is 3.